The number of hydrogen-bond acceptors (Lipinski definition) is 1. The quantitative estimate of drug-likeness (QED) is 0.291. The Morgan fingerprint density at radius 1 is 1.25 bits per heavy atom. The van der Waals surface area contributed by atoms with Crippen molar-refractivity contribution in [3.05, 3.63) is 0 Å². The molecule has 0 N–H and O–H groups in total. The summed E-state index contributed by atoms with van der Waals surface area (Å²) in [5.41, 5.74) is 0. The molecule has 0 amide bonds. The van der Waals surface area contributed by atoms with Crippen molar-refractivity contribution in [1.29, 1.82) is 0 Å². The molecule has 0 atom stereocenters. The van der Waals surface area contributed by atoms with E-state index < -0.39 is 0 Å². The minimum Gasteiger partial charge on any atom is -0.545 e. The van der Waals surface area contributed by atoms with Gasteiger partial charge in [-0.15, -0.1) is 0 Å². The fourth-order valence-electron chi connectivity index (χ4n) is 0. The summed E-state index contributed by atoms with van der Waals surface area (Å²) in [5, 5.41) is 0. The van der Waals surface area contributed by atoms with E-state index in [1.54, 1.807) is 0 Å². The first-order valence-electron chi connectivity index (χ1n) is 0.236. The molecular weight excluding hydrogens is 188 g/mol. The Balaban J connectivity index is -0.00000000500. The molecule has 0 spiro atoms. The van der Waals surface area contributed by atoms with Crippen LogP contribution < -0.4 is 0 Å². The molecule has 0 aliphatic heterocycles. The molecule has 0 saturated carbocycles. The molecule has 3 heteroatoms. The molecular formula is CHCoORu-. The van der Waals surface area contributed by atoms with Gasteiger partial charge in [0.2, 0.25) is 0 Å². The van der Waals surface area contributed by atoms with Gasteiger partial charge in [0.15, 0.2) is 0 Å². The van der Waals surface area contributed by atoms with Crippen molar-refractivity contribution < 1.29 is 41.1 Å². The fraction of sp³-hybridized carbons (Fsp3) is 0. The van der Waals surface area contributed by atoms with Crippen LogP contribution in [0.4, 0.5) is 0 Å². The molecule has 0 fully saturated rings. The summed E-state index contributed by atoms with van der Waals surface area (Å²) in [4.78, 5) is 7.75. The van der Waals surface area contributed by atoms with E-state index in [2.05, 4.69) is 6.79 Å². The molecule has 0 bridgehead atoms. The van der Waals surface area contributed by atoms with Crippen LogP contribution in [-0.4, -0.2) is 6.79 Å². The summed E-state index contributed by atoms with van der Waals surface area (Å²) >= 11 is 0. The van der Waals surface area contributed by atoms with Crippen LogP contribution in [0.3, 0.4) is 0 Å². The summed E-state index contributed by atoms with van der Waals surface area (Å²) in [6.07, 6.45) is 0. The van der Waals surface area contributed by atoms with Crippen molar-refractivity contribution in [2.24, 2.45) is 0 Å². The van der Waals surface area contributed by atoms with Gasteiger partial charge in [0.25, 0.3) is 0 Å². The molecule has 0 aliphatic carbocycles. The number of rotatable bonds is 0. The van der Waals surface area contributed by atoms with Gasteiger partial charge in [-0.3, -0.25) is 6.79 Å². The van der Waals surface area contributed by atoms with E-state index in [0.29, 0.717) is 0 Å². The van der Waals surface area contributed by atoms with Crippen LogP contribution in [0.2, 0.25) is 0 Å². The zero-order valence-corrected chi connectivity index (χ0v) is 4.45. The number of carbonyl (C=O) groups excluding carboxylic acids is 1. The van der Waals surface area contributed by atoms with Gasteiger partial charge in [-0.25, -0.2) is 0 Å². The standard InChI is InChI=1S/CHO.Co.Ru/c1-2;;/h1H;;/q-1;;. The van der Waals surface area contributed by atoms with E-state index in [1.807, 2.05) is 0 Å². The Morgan fingerprint density at radius 2 is 1.25 bits per heavy atom. The van der Waals surface area contributed by atoms with Crippen LogP contribution in [0.1, 0.15) is 0 Å². The third kappa shape index (κ3) is 14.2. The molecule has 1 radical (unpaired) electrons. The third-order valence-corrected chi connectivity index (χ3v) is 0. The molecule has 0 heterocycles. The van der Waals surface area contributed by atoms with Gasteiger partial charge in [0.05, 0.1) is 0 Å². The molecule has 0 aromatic carbocycles. The molecule has 0 aromatic heterocycles. The van der Waals surface area contributed by atoms with Crippen molar-refractivity contribution in [2.75, 3.05) is 0 Å². The maximum Gasteiger partial charge on any atom is 0 e. The summed E-state index contributed by atoms with van der Waals surface area (Å²) in [6.45, 7) is 3.25. The van der Waals surface area contributed by atoms with E-state index in [-0.39, 0.29) is 36.3 Å². The molecule has 0 unspecified atom stereocenters. The summed E-state index contributed by atoms with van der Waals surface area (Å²) in [5.74, 6) is 0. The van der Waals surface area contributed by atoms with Crippen molar-refractivity contribution >= 4 is 6.79 Å². The first kappa shape index (κ1) is 21.4. The Morgan fingerprint density at radius 3 is 1.25 bits per heavy atom. The zero-order valence-electron chi connectivity index (χ0n) is 1.67. The summed E-state index contributed by atoms with van der Waals surface area (Å²) in [7, 11) is 0. The van der Waals surface area contributed by atoms with Crippen LogP contribution in [0.15, 0.2) is 0 Å². The Labute approximate surface area is 48.1 Å². The largest absolute Gasteiger partial charge is 0.545 e. The van der Waals surface area contributed by atoms with Crippen molar-refractivity contribution in [3.8, 4) is 0 Å². The first-order chi connectivity index (χ1) is 1.00. The minimum absolute atomic E-state index is 0. The Bertz CT molecular complexity index is 8.00. The summed E-state index contributed by atoms with van der Waals surface area (Å²) in [6, 6.07) is 0. The van der Waals surface area contributed by atoms with Crippen molar-refractivity contribution in [2.45, 2.75) is 0 Å². The van der Waals surface area contributed by atoms with Crippen molar-refractivity contribution in [3.63, 3.8) is 0 Å². The molecule has 1 nitrogen and oxygen atoms in total. The first-order valence-corrected chi connectivity index (χ1v) is 0.236. The Kier molecular flexibility index (Phi) is 249. The van der Waals surface area contributed by atoms with Crippen LogP contribution in [-0.2, 0) is 41.1 Å². The van der Waals surface area contributed by atoms with Gasteiger partial charge in [-0.05, 0) is 0 Å². The summed E-state index contributed by atoms with van der Waals surface area (Å²) < 4.78 is 0. The zero-order chi connectivity index (χ0) is 2.00. The minimum atomic E-state index is 0. The van der Waals surface area contributed by atoms with Gasteiger partial charge in [-0.1, -0.05) is 0 Å². The van der Waals surface area contributed by atoms with Gasteiger partial charge in [-0.2, -0.15) is 0 Å². The van der Waals surface area contributed by atoms with E-state index >= 15 is 0 Å². The van der Waals surface area contributed by atoms with E-state index in [4.69, 9.17) is 4.79 Å². The van der Waals surface area contributed by atoms with Crippen LogP contribution in [0.25, 0.3) is 0 Å². The predicted molar refractivity (Wildman–Crippen MR) is 6.75 cm³/mol. The Hall–Kier alpha value is 0.800. The van der Waals surface area contributed by atoms with Gasteiger partial charge in [0, 0.05) is 36.3 Å². The molecule has 4 heavy (non-hydrogen) atoms. The number of hydrogen-bond donors (Lipinski definition) is 0. The molecule has 0 aromatic rings. The van der Waals surface area contributed by atoms with Gasteiger partial charge >= 0.3 is 0 Å². The SMILES string of the molecule is [CH-]=O.[Co].[Ru]. The van der Waals surface area contributed by atoms with Crippen molar-refractivity contribution in [1.82, 2.24) is 0 Å². The monoisotopic (exact) mass is 190 g/mol. The fourth-order valence-corrected chi connectivity index (χ4v) is 0. The van der Waals surface area contributed by atoms with Crippen LogP contribution >= 0.6 is 0 Å². The van der Waals surface area contributed by atoms with Gasteiger partial charge in [0.1, 0.15) is 0 Å². The topological polar surface area (TPSA) is 17.1 Å². The van der Waals surface area contributed by atoms with Crippen LogP contribution in [0.5, 0.6) is 0 Å². The molecule has 0 saturated heterocycles. The molecule has 0 aliphatic rings. The second-order valence-electron chi connectivity index (χ2n) is 0. The normalized spacial score (nSPS) is 1.00. The molecule has 29 valence electrons. The smallest absolute Gasteiger partial charge is 0 e. The second-order valence-corrected chi connectivity index (χ2v) is 0. The maximum absolute atomic E-state index is 7.75. The van der Waals surface area contributed by atoms with E-state index in [1.165, 1.54) is 0 Å². The molecule has 0 rings (SSSR count). The second kappa shape index (κ2) is 46.6. The third-order valence-electron chi connectivity index (χ3n) is 0. The van der Waals surface area contributed by atoms with Gasteiger partial charge < -0.3 is 4.79 Å². The van der Waals surface area contributed by atoms with Crippen LogP contribution in [0, 0.1) is 0 Å². The average Bonchev–Trinajstić information content (AvgIpc) is 1.00. The van der Waals surface area contributed by atoms with E-state index in [9.17, 15) is 0 Å². The maximum atomic E-state index is 7.75. The average molecular weight is 189 g/mol. The predicted octanol–water partition coefficient (Wildman–Crippen LogP) is -0.279. The van der Waals surface area contributed by atoms with E-state index in [0.717, 1.165) is 0 Å².